The highest BCUT2D eigenvalue weighted by Gasteiger charge is 2.42. The standard InChI is InChI=1S/C11H13N3O5S/c1-2-7-12(14(16)17)8-13-11(15)9-5-3-4-6-10(9)20(13,18)19/h3-6H,2,7-8H2,1H3. The lowest BCUT2D eigenvalue weighted by molar-refractivity contribution is -0.658. The Balaban J connectivity index is 2.36. The number of benzene rings is 1. The zero-order valence-electron chi connectivity index (χ0n) is 10.7. The summed E-state index contributed by atoms with van der Waals surface area (Å²) in [6, 6.07) is 5.77. The van der Waals surface area contributed by atoms with Gasteiger partial charge in [-0.2, -0.15) is 0 Å². The Bertz CT molecular complexity index is 658. The number of rotatable bonds is 5. The van der Waals surface area contributed by atoms with E-state index in [-0.39, 0.29) is 17.0 Å². The molecule has 20 heavy (non-hydrogen) atoms. The minimum absolute atomic E-state index is 0.0484. The maximum Gasteiger partial charge on any atom is 0.270 e. The van der Waals surface area contributed by atoms with E-state index >= 15 is 0 Å². The average Bonchev–Trinajstić information content (AvgIpc) is 2.59. The van der Waals surface area contributed by atoms with E-state index in [1.165, 1.54) is 18.2 Å². The molecule has 9 heteroatoms. The van der Waals surface area contributed by atoms with Crippen LogP contribution in [0.4, 0.5) is 0 Å². The summed E-state index contributed by atoms with van der Waals surface area (Å²) in [6.07, 6.45) is 0.468. The van der Waals surface area contributed by atoms with Gasteiger partial charge < -0.3 is 0 Å². The van der Waals surface area contributed by atoms with Crippen molar-refractivity contribution in [2.24, 2.45) is 0 Å². The van der Waals surface area contributed by atoms with Crippen LogP contribution in [0.5, 0.6) is 0 Å². The van der Waals surface area contributed by atoms with Gasteiger partial charge in [-0.15, -0.1) is 5.01 Å². The summed E-state index contributed by atoms with van der Waals surface area (Å²) in [4.78, 5) is 22.8. The minimum atomic E-state index is -4.00. The Morgan fingerprint density at radius 1 is 1.35 bits per heavy atom. The number of fused-ring (bicyclic) bond motifs is 1. The number of nitro groups is 1. The lowest BCUT2D eigenvalue weighted by Crippen LogP contribution is -2.44. The van der Waals surface area contributed by atoms with E-state index in [9.17, 15) is 23.3 Å². The number of hydrazine groups is 1. The first kappa shape index (κ1) is 14.3. The summed E-state index contributed by atoms with van der Waals surface area (Å²) in [5.41, 5.74) is 0.0484. The molecule has 108 valence electrons. The van der Waals surface area contributed by atoms with Crippen LogP contribution in [0.2, 0.25) is 0 Å². The predicted octanol–water partition coefficient (Wildman–Crippen LogP) is 0.692. The van der Waals surface area contributed by atoms with Crippen LogP contribution in [0.3, 0.4) is 0 Å². The van der Waals surface area contributed by atoms with Crippen LogP contribution < -0.4 is 0 Å². The van der Waals surface area contributed by atoms with E-state index in [0.717, 1.165) is 0 Å². The normalized spacial score (nSPS) is 16.1. The molecule has 0 aromatic heterocycles. The van der Waals surface area contributed by atoms with Crippen molar-refractivity contribution in [3.63, 3.8) is 0 Å². The summed E-state index contributed by atoms with van der Waals surface area (Å²) in [6.45, 7) is 1.20. The van der Waals surface area contributed by atoms with Crippen molar-refractivity contribution >= 4 is 15.9 Å². The molecule has 2 rings (SSSR count). The molecule has 1 aliphatic heterocycles. The van der Waals surface area contributed by atoms with Crippen LogP contribution in [-0.4, -0.2) is 41.9 Å². The number of hydrogen-bond acceptors (Lipinski definition) is 5. The highest BCUT2D eigenvalue weighted by atomic mass is 32.2. The molecular weight excluding hydrogens is 286 g/mol. The minimum Gasteiger partial charge on any atom is -0.268 e. The Kier molecular flexibility index (Phi) is 3.62. The van der Waals surface area contributed by atoms with E-state index in [4.69, 9.17) is 0 Å². The molecule has 0 saturated carbocycles. The van der Waals surface area contributed by atoms with Crippen LogP contribution in [0, 0.1) is 10.1 Å². The van der Waals surface area contributed by atoms with Crippen molar-refractivity contribution in [3.8, 4) is 0 Å². The third kappa shape index (κ3) is 2.20. The molecule has 0 radical (unpaired) electrons. The lowest BCUT2D eigenvalue weighted by Gasteiger charge is -2.20. The number of carbonyl (C=O) groups excluding carboxylic acids is 1. The quantitative estimate of drug-likeness (QED) is 0.585. The van der Waals surface area contributed by atoms with E-state index in [1.807, 2.05) is 0 Å². The second-order valence-corrected chi connectivity index (χ2v) is 6.09. The number of amides is 1. The van der Waals surface area contributed by atoms with Crippen LogP contribution in [0.15, 0.2) is 29.2 Å². The summed E-state index contributed by atoms with van der Waals surface area (Å²) in [7, 11) is -4.00. The molecule has 1 heterocycles. The number of hydrogen-bond donors (Lipinski definition) is 0. The molecule has 0 spiro atoms. The topological polar surface area (TPSA) is 101 Å². The molecule has 0 saturated heterocycles. The zero-order valence-corrected chi connectivity index (χ0v) is 11.5. The highest BCUT2D eigenvalue weighted by Crippen LogP contribution is 2.29. The van der Waals surface area contributed by atoms with Crippen molar-refractivity contribution in [1.29, 1.82) is 0 Å². The van der Waals surface area contributed by atoms with E-state index in [2.05, 4.69) is 0 Å². The molecule has 1 amide bonds. The van der Waals surface area contributed by atoms with Gasteiger partial charge >= 0.3 is 0 Å². The highest BCUT2D eigenvalue weighted by molar-refractivity contribution is 7.90. The molecule has 1 aliphatic rings. The largest absolute Gasteiger partial charge is 0.270 e. The van der Waals surface area contributed by atoms with Gasteiger partial charge in [0.05, 0.1) is 12.1 Å². The number of sulfonamides is 1. The molecule has 0 unspecified atom stereocenters. The van der Waals surface area contributed by atoms with Gasteiger partial charge in [0.1, 0.15) is 4.90 Å². The van der Waals surface area contributed by atoms with Crippen molar-refractivity contribution in [2.45, 2.75) is 18.2 Å². The Hall–Kier alpha value is -2.16. The SMILES string of the molecule is CCCN(CN1C(=O)c2ccccc2S1(=O)=O)[N+](=O)[O-]. The fourth-order valence-corrected chi connectivity index (χ4v) is 3.50. The zero-order chi connectivity index (χ0) is 14.9. The van der Waals surface area contributed by atoms with E-state index in [1.54, 1.807) is 13.0 Å². The maximum absolute atomic E-state index is 12.2. The molecule has 1 aromatic carbocycles. The molecular formula is C11H13N3O5S. The first-order valence-electron chi connectivity index (χ1n) is 5.95. The average molecular weight is 299 g/mol. The first-order chi connectivity index (χ1) is 9.39. The Morgan fingerprint density at radius 2 is 2.00 bits per heavy atom. The summed E-state index contributed by atoms with van der Waals surface area (Å²) in [5, 5.41) is 10.9. The molecule has 8 nitrogen and oxygen atoms in total. The van der Waals surface area contributed by atoms with E-state index < -0.39 is 27.6 Å². The smallest absolute Gasteiger partial charge is 0.268 e. The van der Waals surface area contributed by atoms with Gasteiger partial charge in [0, 0.05) is 0 Å². The third-order valence-corrected chi connectivity index (χ3v) is 4.69. The first-order valence-corrected chi connectivity index (χ1v) is 7.39. The van der Waals surface area contributed by atoms with Crippen LogP contribution in [0.25, 0.3) is 0 Å². The summed E-state index contributed by atoms with van der Waals surface area (Å²) < 4.78 is 25.0. The maximum atomic E-state index is 12.2. The Morgan fingerprint density at radius 3 is 2.55 bits per heavy atom. The van der Waals surface area contributed by atoms with Gasteiger partial charge in [-0.1, -0.05) is 19.1 Å². The van der Waals surface area contributed by atoms with Crippen LogP contribution in [-0.2, 0) is 10.0 Å². The van der Waals surface area contributed by atoms with Gasteiger partial charge in [0.25, 0.3) is 15.9 Å². The monoisotopic (exact) mass is 299 g/mol. The summed E-state index contributed by atoms with van der Waals surface area (Å²) in [5.74, 6) is -0.733. The number of carbonyl (C=O) groups is 1. The third-order valence-electron chi connectivity index (χ3n) is 2.92. The second kappa shape index (κ2) is 5.08. The summed E-state index contributed by atoms with van der Waals surface area (Å²) >= 11 is 0. The van der Waals surface area contributed by atoms with Crippen molar-refractivity contribution in [3.05, 3.63) is 39.9 Å². The molecule has 1 aromatic rings. The van der Waals surface area contributed by atoms with Gasteiger partial charge in [0.2, 0.25) is 0 Å². The predicted molar refractivity (Wildman–Crippen MR) is 68.7 cm³/mol. The molecule has 0 bridgehead atoms. The fraction of sp³-hybridized carbons (Fsp3) is 0.364. The molecule has 0 N–H and O–H groups in total. The molecule has 0 aliphatic carbocycles. The van der Waals surface area contributed by atoms with Crippen molar-refractivity contribution in [1.82, 2.24) is 9.31 Å². The molecule has 0 atom stereocenters. The number of nitrogens with zero attached hydrogens (tertiary/aromatic N) is 3. The van der Waals surface area contributed by atoms with Crippen LogP contribution in [0.1, 0.15) is 23.7 Å². The van der Waals surface area contributed by atoms with Gasteiger partial charge in [-0.05, 0) is 18.6 Å². The second-order valence-electron chi connectivity index (χ2n) is 4.26. The molecule has 0 fully saturated rings. The lowest BCUT2D eigenvalue weighted by atomic mass is 10.2. The van der Waals surface area contributed by atoms with Crippen molar-refractivity contribution < 1.29 is 18.2 Å². The van der Waals surface area contributed by atoms with Crippen molar-refractivity contribution in [2.75, 3.05) is 13.2 Å². The van der Waals surface area contributed by atoms with Crippen LogP contribution >= 0.6 is 0 Å². The Labute approximate surface area is 115 Å². The van der Waals surface area contributed by atoms with Gasteiger partial charge in [-0.3, -0.25) is 4.79 Å². The van der Waals surface area contributed by atoms with Gasteiger partial charge in [0.15, 0.2) is 11.7 Å². The van der Waals surface area contributed by atoms with Gasteiger partial charge in [-0.25, -0.2) is 22.8 Å². The van der Waals surface area contributed by atoms with E-state index in [0.29, 0.717) is 15.7 Å². The fourth-order valence-electron chi connectivity index (χ4n) is 1.98.